The van der Waals surface area contributed by atoms with Crippen molar-refractivity contribution in [2.24, 2.45) is 0 Å². The van der Waals surface area contributed by atoms with E-state index in [4.69, 9.17) is 4.74 Å². The number of aldehydes is 1. The molecule has 1 aliphatic rings. The van der Waals surface area contributed by atoms with Crippen LogP contribution in [0.25, 0.3) is 11.1 Å². The predicted molar refractivity (Wildman–Crippen MR) is 88.6 cm³/mol. The van der Waals surface area contributed by atoms with Gasteiger partial charge in [0, 0.05) is 13.5 Å². The van der Waals surface area contributed by atoms with Crippen LogP contribution in [-0.2, 0) is 4.79 Å². The quantitative estimate of drug-likeness (QED) is 0.797. The molecular weight excluding hydrogens is 290 g/mol. The highest BCUT2D eigenvalue weighted by Crippen LogP contribution is 2.26. The summed E-state index contributed by atoms with van der Waals surface area (Å²) in [4.78, 5) is 24.6. The number of likely N-dealkylation sites (N-methyl/N-ethyl adjacent to an activating group) is 1. The smallest absolute Gasteiger partial charge is 0.222 e. The SMILES string of the molecule is CN1C(=O)CCC1COc1ccc(-c2ccccc2)cc1C=O. The minimum atomic E-state index is 0.0794. The molecule has 0 N–H and O–H groups in total. The first kappa shape index (κ1) is 15.3. The maximum Gasteiger partial charge on any atom is 0.222 e. The Balaban J connectivity index is 1.75. The Labute approximate surface area is 135 Å². The molecule has 1 unspecified atom stereocenters. The van der Waals surface area contributed by atoms with Gasteiger partial charge in [-0.25, -0.2) is 0 Å². The summed E-state index contributed by atoms with van der Waals surface area (Å²) in [6.07, 6.45) is 2.18. The Morgan fingerprint density at radius 1 is 1.17 bits per heavy atom. The monoisotopic (exact) mass is 309 g/mol. The van der Waals surface area contributed by atoms with Gasteiger partial charge < -0.3 is 9.64 Å². The van der Waals surface area contributed by atoms with Crippen molar-refractivity contribution in [3.8, 4) is 16.9 Å². The van der Waals surface area contributed by atoms with Crippen LogP contribution in [0.5, 0.6) is 5.75 Å². The lowest BCUT2D eigenvalue weighted by molar-refractivity contribution is -0.127. The molecule has 0 bridgehead atoms. The van der Waals surface area contributed by atoms with Crippen molar-refractivity contribution in [1.82, 2.24) is 4.90 Å². The van der Waals surface area contributed by atoms with Crippen LogP contribution in [0.3, 0.4) is 0 Å². The van der Waals surface area contributed by atoms with Crippen LogP contribution in [0, 0.1) is 0 Å². The van der Waals surface area contributed by atoms with E-state index in [-0.39, 0.29) is 11.9 Å². The summed E-state index contributed by atoms with van der Waals surface area (Å²) in [6.45, 7) is 0.410. The minimum Gasteiger partial charge on any atom is -0.491 e. The van der Waals surface area contributed by atoms with Gasteiger partial charge in [-0.05, 0) is 29.7 Å². The lowest BCUT2D eigenvalue weighted by Crippen LogP contribution is -2.33. The summed E-state index contributed by atoms with van der Waals surface area (Å²) < 4.78 is 5.80. The number of hydrogen-bond acceptors (Lipinski definition) is 3. The van der Waals surface area contributed by atoms with Crippen LogP contribution in [0.2, 0.25) is 0 Å². The predicted octanol–water partition coefficient (Wildman–Crippen LogP) is 3.17. The lowest BCUT2D eigenvalue weighted by Gasteiger charge is -2.20. The number of rotatable bonds is 5. The molecule has 1 atom stereocenters. The van der Waals surface area contributed by atoms with Crippen molar-refractivity contribution in [2.45, 2.75) is 18.9 Å². The van der Waals surface area contributed by atoms with E-state index < -0.39 is 0 Å². The Bertz CT molecular complexity index is 712. The third kappa shape index (κ3) is 3.26. The Hall–Kier alpha value is -2.62. The zero-order valence-electron chi connectivity index (χ0n) is 13.1. The normalized spacial score (nSPS) is 17.3. The highest BCUT2D eigenvalue weighted by atomic mass is 16.5. The van der Waals surface area contributed by atoms with Gasteiger partial charge in [0.05, 0.1) is 11.6 Å². The van der Waals surface area contributed by atoms with Crippen LogP contribution < -0.4 is 4.74 Å². The van der Waals surface area contributed by atoms with Gasteiger partial charge in [0.1, 0.15) is 12.4 Å². The van der Waals surface area contributed by atoms with Crippen molar-refractivity contribution in [2.75, 3.05) is 13.7 Å². The third-order valence-electron chi connectivity index (χ3n) is 4.31. The van der Waals surface area contributed by atoms with Gasteiger partial charge in [0.15, 0.2) is 6.29 Å². The molecule has 1 heterocycles. The molecule has 4 heteroatoms. The third-order valence-corrected chi connectivity index (χ3v) is 4.31. The van der Waals surface area contributed by atoms with Gasteiger partial charge in [0.2, 0.25) is 5.91 Å². The second kappa shape index (κ2) is 6.65. The zero-order chi connectivity index (χ0) is 16.2. The van der Waals surface area contributed by atoms with Gasteiger partial charge >= 0.3 is 0 Å². The van der Waals surface area contributed by atoms with Crippen LogP contribution in [0.15, 0.2) is 48.5 Å². The summed E-state index contributed by atoms with van der Waals surface area (Å²) in [6, 6.07) is 15.6. The van der Waals surface area contributed by atoms with E-state index in [2.05, 4.69) is 0 Å². The molecule has 0 aromatic heterocycles. The van der Waals surface area contributed by atoms with E-state index in [1.165, 1.54) is 0 Å². The molecule has 118 valence electrons. The molecule has 2 aromatic carbocycles. The summed E-state index contributed by atoms with van der Waals surface area (Å²) in [5.74, 6) is 0.709. The molecule has 0 saturated carbocycles. The Morgan fingerprint density at radius 3 is 2.61 bits per heavy atom. The molecule has 1 amide bonds. The number of benzene rings is 2. The fraction of sp³-hybridized carbons (Fsp3) is 0.263. The van der Waals surface area contributed by atoms with E-state index in [1.54, 1.807) is 11.9 Å². The second-order valence-electron chi connectivity index (χ2n) is 5.74. The van der Waals surface area contributed by atoms with Gasteiger partial charge in [-0.1, -0.05) is 36.4 Å². The van der Waals surface area contributed by atoms with Crippen molar-refractivity contribution >= 4 is 12.2 Å². The van der Waals surface area contributed by atoms with Crippen LogP contribution in [0.1, 0.15) is 23.2 Å². The molecule has 0 aliphatic carbocycles. The second-order valence-corrected chi connectivity index (χ2v) is 5.74. The average molecular weight is 309 g/mol. The number of carbonyl (C=O) groups is 2. The fourth-order valence-electron chi connectivity index (χ4n) is 2.83. The molecule has 1 aliphatic heterocycles. The maximum atomic E-state index is 11.5. The molecule has 3 rings (SSSR count). The van der Waals surface area contributed by atoms with Gasteiger partial charge in [-0.2, -0.15) is 0 Å². The topological polar surface area (TPSA) is 46.6 Å². The molecule has 0 radical (unpaired) electrons. The summed E-state index contributed by atoms with van der Waals surface area (Å²) in [5.41, 5.74) is 2.56. The number of likely N-dealkylation sites (tertiary alicyclic amines) is 1. The van der Waals surface area contributed by atoms with Crippen LogP contribution in [0.4, 0.5) is 0 Å². The number of amides is 1. The number of carbonyl (C=O) groups excluding carboxylic acids is 2. The maximum absolute atomic E-state index is 11.5. The largest absolute Gasteiger partial charge is 0.491 e. The molecule has 4 nitrogen and oxygen atoms in total. The van der Waals surface area contributed by atoms with Gasteiger partial charge in [-0.15, -0.1) is 0 Å². The van der Waals surface area contributed by atoms with Crippen molar-refractivity contribution in [3.63, 3.8) is 0 Å². The molecule has 2 aromatic rings. The molecule has 1 saturated heterocycles. The van der Waals surface area contributed by atoms with Crippen LogP contribution in [-0.4, -0.2) is 36.8 Å². The fourth-order valence-corrected chi connectivity index (χ4v) is 2.83. The van der Waals surface area contributed by atoms with Gasteiger partial charge in [0.25, 0.3) is 0 Å². The van der Waals surface area contributed by atoms with E-state index in [1.807, 2.05) is 48.5 Å². The number of hydrogen-bond donors (Lipinski definition) is 0. The number of ether oxygens (including phenoxy) is 1. The number of nitrogens with zero attached hydrogens (tertiary/aromatic N) is 1. The Morgan fingerprint density at radius 2 is 1.96 bits per heavy atom. The first-order valence-corrected chi connectivity index (χ1v) is 7.72. The van der Waals surface area contributed by atoms with Crippen molar-refractivity contribution in [1.29, 1.82) is 0 Å². The highest BCUT2D eigenvalue weighted by molar-refractivity contribution is 5.83. The van der Waals surface area contributed by atoms with E-state index in [9.17, 15) is 9.59 Å². The van der Waals surface area contributed by atoms with E-state index in [0.717, 1.165) is 23.8 Å². The molecular formula is C19H19NO3. The first-order valence-electron chi connectivity index (χ1n) is 7.72. The lowest BCUT2D eigenvalue weighted by atomic mass is 10.0. The Kier molecular flexibility index (Phi) is 4.42. The molecule has 23 heavy (non-hydrogen) atoms. The minimum absolute atomic E-state index is 0.0794. The summed E-state index contributed by atoms with van der Waals surface area (Å²) in [7, 11) is 1.79. The summed E-state index contributed by atoms with van der Waals surface area (Å²) >= 11 is 0. The molecule has 1 fully saturated rings. The zero-order valence-corrected chi connectivity index (χ0v) is 13.1. The first-order chi connectivity index (χ1) is 11.2. The van der Waals surface area contributed by atoms with E-state index >= 15 is 0 Å². The standard InChI is InChI=1S/C19H19NO3/c1-20-17(8-10-19(20)22)13-23-18-9-7-15(11-16(18)12-21)14-5-3-2-4-6-14/h2-7,9,11-12,17H,8,10,13H2,1H3. The molecule has 0 spiro atoms. The van der Waals surface area contributed by atoms with Gasteiger partial charge in [-0.3, -0.25) is 9.59 Å². The van der Waals surface area contributed by atoms with E-state index in [0.29, 0.717) is 24.3 Å². The van der Waals surface area contributed by atoms with Crippen molar-refractivity contribution in [3.05, 3.63) is 54.1 Å². The average Bonchev–Trinajstić information content (AvgIpc) is 2.92. The van der Waals surface area contributed by atoms with Crippen LogP contribution >= 0.6 is 0 Å². The van der Waals surface area contributed by atoms with Crippen molar-refractivity contribution < 1.29 is 14.3 Å². The summed E-state index contributed by atoms with van der Waals surface area (Å²) in [5, 5.41) is 0. The highest BCUT2D eigenvalue weighted by Gasteiger charge is 2.28.